The molecule has 0 radical (unpaired) electrons. The van der Waals surface area contributed by atoms with Gasteiger partial charge in [-0.05, 0) is 237 Å². The molecule has 0 aliphatic carbocycles. The fourth-order valence-electron chi connectivity index (χ4n) is 12.0. The number of aliphatic hydroxyl groups is 1. The maximum Gasteiger partial charge on any atom is 0.121 e. The quantitative estimate of drug-likeness (QED) is 0.0357. The summed E-state index contributed by atoms with van der Waals surface area (Å²) in [5, 5.41) is 39.9. The molecule has 7 N–H and O–H groups in total. The van der Waals surface area contributed by atoms with Crippen LogP contribution in [0.1, 0.15) is 372 Å². The highest BCUT2D eigenvalue weighted by molar-refractivity contribution is 5.37. The van der Waals surface area contributed by atoms with Gasteiger partial charge in [0.1, 0.15) is 6.04 Å². The third-order valence-electron chi connectivity index (χ3n) is 18.0. The van der Waals surface area contributed by atoms with Crippen LogP contribution in [0.2, 0.25) is 0 Å². The number of aliphatic hydroxyl groups excluding tert-OH is 1. The summed E-state index contributed by atoms with van der Waals surface area (Å²) in [7, 11) is 0. The zero-order valence-corrected chi connectivity index (χ0v) is 77.4. The fourth-order valence-corrected chi connectivity index (χ4v) is 12.0. The number of nitrogens with one attached hydrogen (secondary N) is 6. The maximum absolute atomic E-state index is 9.51. The predicted octanol–water partition coefficient (Wildman–Crippen LogP) is 25.8. The van der Waals surface area contributed by atoms with Crippen molar-refractivity contribution in [2.45, 2.75) is 371 Å². The van der Waals surface area contributed by atoms with E-state index in [0.29, 0.717) is 12.5 Å². The molecule has 8 heteroatoms. The first kappa shape index (κ1) is 102. The van der Waals surface area contributed by atoms with Crippen LogP contribution >= 0.6 is 0 Å². The Hall–Kier alpha value is -6.87. The zero-order chi connectivity index (χ0) is 86.0. The highest BCUT2D eigenvalue weighted by Gasteiger charge is 2.26. The number of hydrogen-bond donors (Lipinski definition) is 7. The Labute approximate surface area is 683 Å². The molecular weight excluding hydrogens is 1350 g/mol. The lowest BCUT2D eigenvalue weighted by molar-refractivity contribution is 0.217. The van der Waals surface area contributed by atoms with E-state index < -0.39 is 0 Å². The van der Waals surface area contributed by atoms with E-state index in [-0.39, 0.29) is 103 Å². The molecule has 6 aromatic carbocycles. The average molecular weight is 1510 g/mol. The Morgan fingerprint density at radius 3 is 0.802 bits per heavy atom. The molecular formula is C103H161N7O. The summed E-state index contributed by atoms with van der Waals surface area (Å²) in [6, 6.07) is 55.1. The van der Waals surface area contributed by atoms with E-state index in [0.717, 1.165) is 23.1 Å². The first-order valence-corrected chi connectivity index (χ1v) is 40.7. The Morgan fingerprint density at radius 2 is 0.568 bits per heavy atom. The molecule has 8 nitrogen and oxygen atoms in total. The smallest absolute Gasteiger partial charge is 0.121 e. The van der Waals surface area contributed by atoms with Crippen molar-refractivity contribution in [3.63, 3.8) is 0 Å². The lowest BCUT2D eigenvalue weighted by Gasteiger charge is -2.29. The van der Waals surface area contributed by atoms with Gasteiger partial charge in [-0.25, -0.2) is 0 Å². The molecule has 614 valence electrons. The number of hydrogen-bond acceptors (Lipinski definition) is 8. The van der Waals surface area contributed by atoms with E-state index in [2.05, 4.69) is 458 Å². The van der Waals surface area contributed by atoms with Gasteiger partial charge in [-0.2, -0.15) is 5.26 Å². The van der Waals surface area contributed by atoms with Gasteiger partial charge in [-0.15, -0.1) is 25.3 Å². The average Bonchev–Trinajstić information content (AvgIpc) is 0.879. The molecule has 6 rings (SSSR count). The molecule has 0 aromatic heterocycles. The third-order valence-corrected chi connectivity index (χ3v) is 18.0. The largest absolute Gasteiger partial charge is 0.394 e. The van der Waals surface area contributed by atoms with Crippen molar-refractivity contribution in [2.75, 3.05) is 6.61 Å². The Balaban J connectivity index is 0.000000666. The second kappa shape index (κ2) is 43.0. The van der Waals surface area contributed by atoms with E-state index >= 15 is 0 Å². The van der Waals surface area contributed by atoms with Crippen LogP contribution in [0.4, 0.5) is 0 Å². The Morgan fingerprint density at radius 1 is 0.333 bits per heavy atom. The molecule has 0 bridgehead atoms. The summed E-state index contributed by atoms with van der Waals surface area (Å²) >= 11 is 0. The summed E-state index contributed by atoms with van der Waals surface area (Å²) in [6.45, 7) is 84.7. The second-order valence-corrected chi connectivity index (χ2v) is 42.5. The molecule has 111 heavy (non-hydrogen) atoms. The van der Waals surface area contributed by atoms with Crippen LogP contribution in [0, 0.1) is 36.0 Å². The normalized spacial score (nSPS) is 14.3. The highest BCUT2D eigenvalue weighted by atomic mass is 16.3. The summed E-state index contributed by atoms with van der Waals surface area (Å²) in [4.78, 5) is 0. The van der Waals surface area contributed by atoms with Crippen molar-refractivity contribution < 1.29 is 5.11 Å². The Bertz CT molecular complexity index is 3700. The van der Waals surface area contributed by atoms with Gasteiger partial charge in [0.2, 0.25) is 0 Å². The lowest BCUT2D eigenvalue weighted by atomic mass is 9.86. The lowest BCUT2D eigenvalue weighted by Crippen LogP contribution is -2.40. The van der Waals surface area contributed by atoms with Gasteiger partial charge in [0.25, 0.3) is 0 Å². The van der Waals surface area contributed by atoms with Gasteiger partial charge in [-0.1, -0.05) is 294 Å². The molecule has 0 aliphatic rings. The van der Waals surface area contributed by atoms with Crippen molar-refractivity contribution in [1.82, 2.24) is 31.9 Å². The van der Waals surface area contributed by atoms with E-state index in [1.807, 2.05) is 18.2 Å². The monoisotopic (exact) mass is 1510 g/mol. The molecule has 0 amide bonds. The van der Waals surface area contributed by atoms with Crippen LogP contribution in [0.25, 0.3) is 0 Å². The molecule has 6 aromatic rings. The summed E-state index contributed by atoms with van der Waals surface area (Å²) < 4.78 is 0. The number of nitriles is 1. The first-order chi connectivity index (χ1) is 50.3. The van der Waals surface area contributed by atoms with Crippen molar-refractivity contribution in [1.29, 1.82) is 5.26 Å². The maximum atomic E-state index is 9.51. The number of terminal acetylenes is 2. The molecule has 0 spiro atoms. The molecule has 0 saturated carbocycles. The standard InChI is InChI=1S/2C18H29N.C18H27N.C17H25N.C16H24N2.C16H27NO/c3*1-8-9-16(19-18(5,6)7)14-10-12-15(13-11-14)17(2,3)4;1-8-15(18-17(5,6)7)13-9-11-14(12-10-13)16(2,3)4;1-15(2,3)13-9-7-12(8-10-13)14(11-17)18-16(4,5)6;1-15(2,3)13-9-7-12(8-10-13)14(11-18)17-16(4,5)6/h8-13,16,19H,1-7H3;8,10-13,16,19H,1,9H2,2-7H3;1,10-13,16,19H,9H2,2-7H3;1,9-12,15,18H,2-7H3;7-10,14,18H,1-6H3;7-10,14,17-18H,11H2,1-6H3/b9-8-;;;;;/t3*16-;15-;2*14-/m111111/s1. The topological polar surface area (TPSA) is 116 Å². The van der Waals surface area contributed by atoms with Crippen molar-refractivity contribution in [2.24, 2.45) is 0 Å². The molecule has 0 saturated heterocycles. The van der Waals surface area contributed by atoms with Gasteiger partial charge in [0, 0.05) is 51.7 Å². The van der Waals surface area contributed by atoms with E-state index in [9.17, 15) is 10.4 Å². The van der Waals surface area contributed by atoms with E-state index in [4.69, 9.17) is 12.8 Å². The highest BCUT2D eigenvalue weighted by Crippen LogP contribution is 2.32. The third kappa shape index (κ3) is 42.2. The molecule has 0 fully saturated rings. The molecule has 0 heterocycles. The molecule has 0 aliphatic heterocycles. The molecule has 6 atom stereocenters. The minimum absolute atomic E-state index is 0.000909. The van der Waals surface area contributed by atoms with Crippen LogP contribution < -0.4 is 31.9 Å². The Kier molecular flexibility index (Phi) is 39.6. The SMILES string of the molecule is C#CC[C@@H](NC(C)(C)C)c1ccc(C(C)(C)C)cc1.C#C[C@@H](NC(C)(C)C)c1ccc(C(C)(C)C)cc1.C/C=C\[C@@H](NC(C)(C)C)c1ccc(C(C)(C)C)cc1.C=CC[C@@H](NC(C)(C)C)c1ccc(C(C)(C)C)cc1.CC(C)(C)N[C@H](C#N)c1ccc(C(C)(C)C)cc1.CC(C)(C)N[C@H](CO)c1ccc(C(C)(C)C)cc1. The minimum atomic E-state index is -0.251. The van der Waals surface area contributed by atoms with E-state index in [1.165, 1.54) is 50.1 Å². The summed E-state index contributed by atoms with van der Waals surface area (Å²) in [5.74, 6) is 5.59. The number of rotatable bonds is 17. The minimum Gasteiger partial charge on any atom is -0.394 e. The van der Waals surface area contributed by atoms with Crippen LogP contribution in [0.3, 0.4) is 0 Å². The first-order valence-electron chi connectivity index (χ1n) is 40.7. The van der Waals surface area contributed by atoms with Crippen molar-refractivity contribution in [3.8, 4) is 30.8 Å². The van der Waals surface area contributed by atoms with E-state index in [1.54, 1.807) is 0 Å². The summed E-state index contributed by atoms with van der Waals surface area (Å²) in [6.07, 6.45) is 19.1. The van der Waals surface area contributed by atoms with Gasteiger partial charge in [0.05, 0.1) is 30.8 Å². The van der Waals surface area contributed by atoms with Crippen LogP contribution in [-0.2, 0) is 32.5 Å². The van der Waals surface area contributed by atoms with Gasteiger partial charge in [-0.3, -0.25) is 10.6 Å². The van der Waals surface area contributed by atoms with Crippen LogP contribution in [0.15, 0.2) is 170 Å². The second-order valence-electron chi connectivity index (χ2n) is 42.5. The number of nitrogens with zero attached hydrogens (tertiary/aromatic N) is 1. The van der Waals surface area contributed by atoms with Crippen LogP contribution in [0.5, 0.6) is 0 Å². The number of allylic oxidation sites excluding steroid dienone is 1. The zero-order valence-electron chi connectivity index (χ0n) is 77.4. The van der Waals surface area contributed by atoms with Crippen molar-refractivity contribution >= 4 is 0 Å². The van der Waals surface area contributed by atoms with Crippen LogP contribution in [-0.4, -0.2) is 44.9 Å². The van der Waals surface area contributed by atoms with Gasteiger partial charge < -0.3 is 26.4 Å². The van der Waals surface area contributed by atoms with Crippen molar-refractivity contribution in [3.05, 3.63) is 237 Å². The molecule has 0 unspecified atom stereocenters. The van der Waals surface area contributed by atoms with Gasteiger partial charge >= 0.3 is 0 Å². The van der Waals surface area contributed by atoms with Gasteiger partial charge in [0.15, 0.2) is 0 Å². The summed E-state index contributed by atoms with van der Waals surface area (Å²) in [5.41, 5.74) is 16.6. The predicted molar refractivity (Wildman–Crippen MR) is 489 cm³/mol. The number of benzene rings is 6. The fraction of sp³-hybridized carbons (Fsp3) is 0.563.